The third kappa shape index (κ3) is 4.20. The second-order valence-electron chi connectivity index (χ2n) is 5.41. The second kappa shape index (κ2) is 6.47. The molecule has 6 heteroatoms. The van der Waals surface area contributed by atoms with Crippen LogP contribution in [0.3, 0.4) is 0 Å². The third-order valence-corrected chi connectivity index (χ3v) is 5.47. The molecule has 0 saturated carbocycles. The smallest absolute Gasteiger partial charge is 0.317 e. The van der Waals surface area contributed by atoms with Crippen LogP contribution in [0.25, 0.3) is 0 Å². The highest BCUT2D eigenvalue weighted by Crippen LogP contribution is 2.14. The number of hydrogen-bond acceptors (Lipinski definition) is 3. The fourth-order valence-electron chi connectivity index (χ4n) is 2.32. The molecule has 1 aliphatic heterocycles. The minimum atomic E-state index is -2.96. The van der Waals surface area contributed by atoms with E-state index in [1.165, 1.54) is 5.56 Å². The molecule has 1 saturated heterocycles. The van der Waals surface area contributed by atoms with Crippen LogP contribution < -0.4 is 5.32 Å². The van der Waals surface area contributed by atoms with Gasteiger partial charge in [0.2, 0.25) is 0 Å². The summed E-state index contributed by atoms with van der Waals surface area (Å²) in [5.41, 5.74) is 2.31. The van der Waals surface area contributed by atoms with Crippen LogP contribution in [0.1, 0.15) is 31.0 Å². The Labute approximate surface area is 126 Å². The molecule has 1 aliphatic rings. The quantitative estimate of drug-likeness (QED) is 0.925. The highest BCUT2D eigenvalue weighted by molar-refractivity contribution is 7.91. The maximum absolute atomic E-state index is 12.1. The van der Waals surface area contributed by atoms with E-state index in [1.54, 1.807) is 4.90 Å². The highest BCUT2D eigenvalue weighted by atomic mass is 32.2. The van der Waals surface area contributed by atoms with Gasteiger partial charge in [-0.15, -0.1) is 0 Å². The van der Waals surface area contributed by atoms with Gasteiger partial charge in [-0.25, -0.2) is 13.2 Å². The second-order valence-corrected chi connectivity index (χ2v) is 7.71. The van der Waals surface area contributed by atoms with Crippen molar-refractivity contribution in [1.29, 1.82) is 0 Å². The van der Waals surface area contributed by atoms with Crippen molar-refractivity contribution in [3.8, 4) is 0 Å². The van der Waals surface area contributed by atoms with Gasteiger partial charge >= 0.3 is 6.03 Å². The molecule has 2 amide bonds. The van der Waals surface area contributed by atoms with Gasteiger partial charge in [-0.05, 0) is 24.5 Å². The number of aryl methyl sites for hydroxylation is 1. The normalized spacial score (nSPS) is 19.0. The fourth-order valence-corrected chi connectivity index (χ4v) is 3.52. The number of benzene rings is 1. The van der Waals surface area contributed by atoms with Crippen LogP contribution in [0.4, 0.5) is 4.79 Å². The highest BCUT2D eigenvalue weighted by Gasteiger charge is 2.25. The van der Waals surface area contributed by atoms with Gasteiger partial charge in [0.15, 0.2) is 9.84 Å². The van der Waals surface area contributed by atoms with Gasteiger partial charge in [-0.2, -0.15) is 0 Å². The van der Waals surface area contributed by atoms with E-state index in [9.17, 15) is 13.2 Å². The van der Waals surface area contributed by atoms with E-state index < -0.39 is 9.84 Å². The number of nitrogens with one attached hydrogen (secondary N) is 1. The van der Waals surface area contributed by atoms with Crippen LogP contribution in [0.2, 0.25) is 0 Å². The fraction of sp³-hybridized carbons (Fsp3) is 0.533. The molecule has 116 valence electrons. The molecule has 0 bridgehead atoms. The molecule has 1 atom stereocenters. The average molecular weight is 310 g/mol. The minimum absolute atomic E-state index is 0.0556. The topological polar surface area (TPSA) is 66.5 Å². The van der Waals surface area contributed by atoms with Crippen molar-refractivity contribution in [3.05, 3.63) is 35.4 Å². The minimum Gasteiger partial charge on any atom is -0.331 e. The number of urea groups is 1. The van der Waals surface area contributed by atoms with E-state index in [0.29, 0.717) is 0 Å². The number of hydrogen-bond donors (Lipinski definition) is 1. The Morgan fingerprint density at radius 2 is 1.81 bits per heavy atom. The van der Waals surface area contributed by atoms with Crippen molar-refractivity contribution < 1.29 is 13.2 Å². The van der Waals surface area contributed by atoms with Crippen LogP contribution in [0, 0.1) is 0 Å². The van der Waals surface area contributed by atoms with Crippen molar-refractivity contribution >= 4 is 15.9 Å². The van der Waals surface area contributed by atoms with Crippen molar-refractivity contribution in [1.82, 2.24) is 10.2 Å². The summed E-state index contributed by atoms with van der Waals surface area (Å²) in [7, 11) is -2.96. The molecule has 1 fully saturated rings. The molecule has 21 heavy (non-hydrogen) atoms. The summed E-state index contributed by atoms with van der Waals surface area (Å²) < 4.78 is 22.7. The molecule has 1 N–H and O–H groups in total. The Hall–Kier alpha value is -1.56. The number of carbonyl (C=O) groups excluding carboxylic acids is 1. The average Bonchev–Trinajstić information content (AvgIpc) is 2.47. The van der Waals surface area contributed by atoms with E-state index in [4.69, 9.17) is 0 Å². The van der Waals surface area contributed by atoms with Crippen molar-refractivity contribution in [2.24, 2.45) is 0 Å². The van der Waals surface area contributed by atoms with E-state index in [-0.39, 0.29) is 36.7 Å². The maximum Gasteiger partial charge on any atom is 0.317 e. The lowest BCUT2D eigenvalue weighted by molar-refractivity contribution is 0.199. The largest absolute Gasteiger partial charge is 0.331 e. The summed E-state index contributed by atoms with van der Waals surface area (Å²) in [5.74, 6) is 0.111. The molecule has 0 aromatic heterocycles. The third-order valence-electron chi connectivity index (χ3n) is 3.86. The number of sulfone groups is 1. The van der Waals surface area contributed by atoms with Gasteiger partial charge in [0, 0.05) is 13.1 Å². The predicted octanol–water partition coefficient (Wildman–Crippen LogP) is 1.75. The molecule has 2 rings (SSSR count). The predicted molar refractivity (Wildman–Crippen MR) is 83.0 cm³/mol. The molecule has 0 radical (unpaired) electrons. The zero-order valence-corrected chi connectivity index (χ0v) is 13.3. The Morgan fingerprint density at radius 1 is 1.24 bits per heavy atom. The number of carbonyl (C=O) groups is 1. The Morgan fingerprint density at radius 3 is 2.33 bits per heavy atom. The lowest BCUT2D eigenvalue weighted by Crippen LogP contribution is -2.48. The molecule has 0 unspecified atom stereocenters. The van der Waals surface area contributed by atoms with E-state index in [2.05, 4.69) is 24.4 Å². The van der Waals surface area contributed by atoms with Gasteiger partial charge in [-0.1, -0.05) is 31.2 Å². The molecule has 1 aromatic rings. The van der Waals surface area contributed by atoms with Crippen LogP contribution in [0.15, 0.2) is 24.3 Å². The van der Waals surface area contributed by atoms with E-state index in [0.717, 1.165) is 12.0 Å². The zero-order valence-electron chi connectivity index (χ0n) is 12.5. The van der Waals surface area contributed by atoms with Crippen LogP contribution >= 0.6 is 0 Å². The number of nitrogens with zero attached hydrogens (tertiary/aromatic N) is 1. The first-order valence-corrected chi connectivity index (χ1v) is 9.08. The first-order valence-electron chi connectivity index (χ1n) is 7.26. The number of amides is 2. The van der Waals surface area contributed by atoms with Crippen LogP contribution in [-0.2, 0) is 16.3 Å². The Balaban J connectivity index is 1.92. The van der Waals surface area contributed by atoms with E-state index >= 15 is 0 Å². The molecule has 5 nitrogen and oxygen atoms in total. The summed E-state index contributed by atoms with van der Waals surface area (Å²) in [5, 5.41) is 2.92. The first kappa shape index (κ1) is 15.8. The van der Waals surface area contributed by atoms with Gasteiger partial charge in [0.05, 0.1) is 17.5 Å². The molecular formula is C15H22N2O3S. The zero-order chi connectivity index (χ0) is 15.5. The SMILES string of the molecule is CCc1ccc([C@@H](C)NC(=O)N2CCS(=O)(=O)CC2)cc1. The molecule has 0 spiro atoms. The summed E-state index contributed by atoms with van der Waals surface area (Å²) in [6.45, 7) is 4.58. The Kier molecular flexibility index (Phi) is 4.88. The van der Waals surface area contributed by atoms with Crippen LogP contribution in [0.5, 0.6) is 0 Å². The Bertz CT molecular complexity index is 582. The molecule has 0 aliphatic carbocycles. The van der Waals surface area contributed by atoms with Gasteiger partial charge in [0.25, 0.3) is 0 Å². The van der Waals surface area contributed by atoms with Gasteiger partial charge in [0.1, 0.15) is 0 Å². The summed E-state index contributed by atoms with van der Waals surface area (Å²) >= 11 is 0. The van der Waals surface area contributed by atoms with Crippen molar-refractivity contribution in [2.45, 2.75) is 26.3 Å². The van der Waals surface area contributed by atoms with Gasteiger partial charge in [-0.3, -0.25) is 0 Å². The van der Waals surface area contributed by atoms with E-state index in [1.807, 2.05) is 19.1 Å². The standard InChI is InChI=1S/C15H22N2O3S/c1-3-13-4-6-14(7-5-13)12(2)16-15(18)17-8-10-21(19,20)11-9-17/h4-7,12H,3,8-11H2,1-2H3,(H,16,18)/t12-/m1/s1. The monoisotopic (exact) mass is 310 g/mol. The molecule has 1 heterocycles. The maximum atomic E-state index is 12.1. The van der Waals surface area contributed by atoms with Crippen molar-refractivity contribution in [3.63, 3.8) is 0 Å². The molecular weight excluding hydrogens is 288 g/mol. The summed E-state index contributed by atoms with van der Waals surface area (Å²) in [4.78, 5) is 13.7. The van der Waals surface area contributed by atoms with Crippen molar-refractivity contribution in [2.75, 3.05) is 24.6 Å². The van der Waals surface area contributed by atoms with Gasteiger partial charge < -0.3 is 10.2 Å². The van der Waals surface area contributed by atoms with Crippen LogP contribution in [-0.4, -0.2) is 43.9 Å². The lowest BCUT2D eigenvalue weighted by Gasteiger charge is -2.28. The first-order chi connectivity index (χ1) is 9.91. The lowest BCUT2D eigenvalue weighted by atomic mass is 10.1. The summed E-state index contributed by atoms with van der Waals surface area (Å²) in [6.07, 6.45) is 0.989. The summed E-state index contributed by atoms with van der Waals surface area (Å²) in [6, 6.07) is 7.87. The number of rotatable bonds is 3. The molecule has 1 aromatic carbocycles.